The minimum absolute atomic E-state index is 0.0325. The summed E-state index contributed by atoms with van der Waals surface area (Å²) >= 11 is 1.59. The molecule has 0 fully saturated rings. The molecule has 1 aliphatic carbocycles. The molecule has 4 nitrogen and oxygen atoms in total. The molecule has 5 heteroatoms. The van der Waals surface area contributed by atoms with Gasteiger partial charge in [0.1, 0.15) is 5.00 Å². The molecule has 0 radical (unpaired) electrons. The number of nitrogens with zero attached hydrogens (tertiary/aromatic N) is 1. The lowest BCUT2D eigenvalue weighted by Crippen LogP contribution is -2.32. The summed E-state index contributed by atoms with van der Waals surface area (Å²) in [5.74, 6) is 0.456. The van der Waals surface area contributed by atoms with Crippen LogP contribution in [0.2, 0.25) is 0 Å². The molecule has 1 aliphatic rings. The zero-order valence-corrected chi connectivity index (χ0v) is 19.0. The third kappa shape index (κ3) is 4.55. The van der Waals surface area contributed by atoms with Gasteiger partial charge in [0.25, 0.3) is 11.8 Å². The monoisotopic (exact) mass is 412 g/mol. The minimum atomic E-state index is -0.162. The van der Waals surface area contributed by atoms with E-state index in [1.54, 1.807) is 23.5 Å². The van der Waals surface area contributed by atoms with Gasteiger partial charge in [-0.15, -0.1) is 11.3 Å². The molecule has 3 rings (SSSR count). The maximum atomic E-state index is 13.3. The summed E-state index contributed by atoms with van der Waals surface area (Å²) in [5.41, 5.74) is 2.70. The normalized spacial score (nSPS) is 16.2. The van der Waals surface area contributed by atoms with Gasteiger partial charge in [0.05, 0.1) is 5.56 Å². The Labute approximate surface area is 178 Å². The Morgan fingerprint density at radius 2 is 1.79 bits per heavy atom. The molecule has 0 bridgehead atoms. The Balaban J connectivity index is 1.99. The second-order valence-corrected chi connectivity index (χ2v) is 9.92. The van der Waals surface area contributed by atoms with Crippen molar-refractivity contribution in [3.05, 3.63) is 51.9 Å². The number of hydrogen-bond donors (Lipinski definition) is 1. The molecule has 156 valence electrons. The Hall–Kier alpha value is -2.14. The van der Waals surface area contributed by atoms with Crippen molar-refractivity contribution in [2.45, 2.75) is 53.9 Å². The van der Waals surface area contributed by atoms with Crippen molar-refractivity contribution in [1.82, 2.24) is 4.90 Å². The summed E-state index contributed by atoms with van der Waals surface area (Å²) in [6.45, 7) is 12.2. The fraction of sp³-hybridized carbons (Fsp3) is 0.500. The molecule has 2 aromatic rings. The molecule has 0 saturated carbocycles. The number of thiophene rings is 1. The molecule has 1 aromatic heterocycles. The number of carbonyl (C=O) groups is 2. The van der Waals surface area contributed by atoms with E-state index in [-0.39, 0.29) is 17.2 Å². The number of fused-ring (bicyclic) bond motifs is 1. The van der Waals surface area contributed by atoms with Crippen molar-refractivity contribution in [2.24, 2.45) is 11.3 Å². The Bertz CT molecular complexity index is 876. The van der Waals surface area contributed by atoms with E-state index in [9.17, 15) is 9.59 Å². The third-order valence-electron chi connectivity index (χ3n) is 6.02. The van der Waals surface area contributed by atoms with Crippen molar-refractivity contribution in [3.63, 3.8) is 0 Å². The summed E-state index contributed by atoms with van der Waals surface area (Å²) < 4.78 is 0. The molecular formula is C24H32N2O2S. The second-order valence-electron chi connectivity index (χ2n) is 8.81. The van der Waals surface area contributed by atoms with Crippen LogP contribution in [-0.4, -0.2) is 29.8 Å². The van der Waals surface area contributed by atoms with Crippen LogP contribution in [0.15, 0.2) is 30.3 Å². The van der Waals surface area contributed by atoms with Gasteiger partial charge in [-0.2, -0.15) is 0 Å². The van der Waals surface area contributed by atoms with Gasteiger partial charge in [0.15, 0.2) is 0 Å². The van der Waals surface area contributed by atoms with Gasteiger partial charge in [0, 0.05) is 23.5 Å². The minimum Gasteiger partial charge on any atom is -0.339 e. The van der Waals surface area contributed by atoms with E-state index in [1.807, 2.05) is 36.9 Å². The molecular weight excluding hydrogens is 380 g/mol. The van der Waals surface area contributed by atoms with E-state index in [1.165, 1.54) is 4.88 Å². The molecule has 1 aromatic carbocycles. The van der Waals surface area contributed by atoms with Crippen molar-refractivity contribution < 1.29 is 9.59 Å². The van der Waals surface area contributed by atoms with Crippen LogP contribution in [0, 0.1) is 11.3 Å². The van der Waals surface area contributed by atoms with Gasteiger partial charge in [-0.3, -0.25) is 9.59 Å². The van der Waals surface area contributed by atoms with E-state index in [0.29, 0.717) is 35.1 Å². The fourth-order valence-electron chi connectivity index (χ4n) is 4.07. The smallest absolute Gasteiger partial charge is 0.257 e. The van der Waals surface area contributed by atoms with Crippen LogP contribution in [0.4, 0.5) is 5.00 Å². The van der Waals surface area contributed by atoms with E-state index >= 15 is 0 Å². The number of carbonyl (C=O) groups excluding carboxylic acids is 2. The van der Waals surface area contributed by atoms with Crippen molar-refractivity contribution in [2.75, 3.05) is 18.4 Å². The maximum absolute atomic E-state index is 13.3. The van der Waals surface area contributed by atoms with Crippen molar-refractivity contribution in [1.29, 1.82) is 0 Å². The Morgan fingerprint density at radius 3 is 2.38 bits per heavy atom. The zero-order chi connectivity index (χ0) is 21.2. The number of benzene rings is 1. The molecule has 0 unspecified atom stereocenters. The average Bonchev–Trinajstić information content (AvgIpc) is 3.05. The first-order chi connectivity index (χ1) is 13.8. The van der Waals surface area contributed by atoms with Gasteiger partial charge in [0.2, 0.25) is 0 Å². The molecule has 1 N–H and O–H groups in total. The molecule has 2 amide bonds. The van der Waals surface area contributed by atoms with Crippen LogP contribution in [0.5, 0.6) is 0 Å². The van der Waals surface area contributed by atoms with E-state index in [0.717, 1.165) is 24.8 Å². The van der Waals surface area contributed by atoms with Crippen LogP contribution in [0.25, 0.3) is 0 Å². The molecule has 1 heterocycles. The summed E-state index contributed by atoms with van der Waals surface area (Å²) in [4.78, 5) is 29.2. The van der Waals surface area contributed by atoms with Crippen LogP contribution >= 0.6 is 11.3 Å². The largest absolute Gasteiger partial charge is 0.339 e. The predicted molar refractivity (Wildman–Crippen MR) is 121 cm³/mol. The molecule has 0 spiro atoms. The average molecular weight is 413 g/mol. The standard InChI is InChI=1S/C24H32N2O2S/c1-6-26(7-2)23(28)20-18-14-13-17(24(3,4)5)15-19(18)29-22(20)25-21(27)16-11-9-8-10-12-16/h8-12,17H,6-7,13-15H2,1-5H3,(H,25,27)/t17-/m1/s1. The number of hydrogen-bond acceptors (Lipinski definition) is 3. The summed E-state index contributed by atoms with van der Waals surface area (Å²) in [7, 11) is 0. The second kappa shape index (κ2) is 8.70. The first kappa shape index (κ1) is 21.6. The van der Waals surface area contributed by atoms with Gasteiger partial charge >= 0.3 is 0 Å². The molecule has 0 saturated heterocycles. The third-order valence-corrected chi connectivity index (χ3v) is 7.19. The zero-order valence-electron chi connectivity index (χ0n) is 18.2. The van der Waals surface area contributed by atoms with E-state index in [4.69, 9.17) is 0 Å². The highest BCUT2D eigenvalue weighted by Gasteiger charge is 2.34. The highest BCUT2D eigenvalue weighted by Crippen LogP contribution is 2.44. The van der Waals surface area contributed by atoms with E-state index in [2.05, 4.69) is 26.1 Å². The first-order valence-corrected chi connectivity index (χ1v) is 11.4. The van der Waals surface area contributed by atoms with Gasteiger partial charge in [-0.05, 0) is 62.1 Å². The lowest BCUT2D eigenvalue weighted by Gasteiger charge is -2.34. The molecule has 1 atom stereocenters. The fourth-order valence-corrected chi connectivity index (χ4v) is 5.39. The Morgan fingerprint density at radius 1 is 1.14 bits per heavy atom. The predicted octanol–water partition coefficient (Wildman–Crippen LogP) is 5.63. The van der Waals surface area contributed by atoms with Crippen LogP contribution in [-0.2, 0) is 12.8 Å². The van der Waals surface area contributed by atoms with Gasteiger partial charge in [-0.1, -0.05) is 39.0 Å². The quantitative estimate of drug-likeness (QED) is 0.691. The highest BCUT2D eigenvalue weighted by atomic mass is 32.1. The lowest BCUT2D eigenvalue weighted by molar-refractivity contribution is 0.0772. The van der Waals surface area contributed by atoms with Crippen molar-refractivity contribution in [3.8, 4) is 0 Å². The van der Waals surface area contributed by atoms with E-state index < -0.39 is 0 Å². The number of rotatable bonds is 5. The lowest BCUT2D eigenvalue weighted by atomic mass is 9.72. The number of anilines is 1. The van der Waals surface area contributed by atoms with Crippen LogP contribution < -0.4 is 5.32 Å². The first-order valence-electron chi connectivity index (χ1n) is 10.6. The SMILES string of the molecule is CCN(CC)C(=O)c1c(NC(=O)c2ccccc2)sc2c1CC[C@@H](C(C)(C)C)C2. The van der Waals surface area contributed by atoms with Crippen LogP contribution in [0.1, 0.15) is 72.2 Å². The summed E-state index contributed by atoms with van der Waals surface area (Å²) in [6.07, 6.45) is 2.96. The molecule has 29 heavy (non-hydrogen) atoms. The van der Waals surface area contributed by atoms with Gasteiger partial charge < -0.3 is 10.2 Å². The Kier molecular flexibility index (Phi) is 6.47. The molecule has 0 aliphatic heterocycles. The number of nitrogens with one attached hydrogen (secondary N) is 1. The van der Waals surface area contributed by atoms with Crippen LogP contribution in [0.3, 0.4) is 0 Å². The maximum Gasteiger partial charge on any atom is 0.257 e. The summed E-state index contributed by atoms with van der Waals surface area (Å²) in [5, 5.41) is 3.76. The van der Waals surface area contributed by atoms with Gasteiger partial charge in [-0.25, -0.2) is 0 Å². The topological polar surface area (TPSA) is 49.4 Å². The highest BCUT2D eigenvalue weighted by molar-refractivity contribution is 7.17. The summed E-state index contributed by atoms with van der Waals surface area (Å²) in [6, 6.07) is 9.19. The number of amides is 2. The van der Waals surface area contributed by atoms with Crippen molar-refractivity contribution >= 4 is 28.2 Å².